The Kier molecular flexibility index (Phi) is 2.78. The van der Waals surface area contributed by atoms with Gasteiger partial charge in [0, 0.05) is 13.8 Å². The lowest BCUT2D eigenvalue weighted by atomic mass is 10.1. The Bertz CT molecular complexity index is 452. The number of aliphatic hydroxyl groups is 1. The van der Waals surface area contributed by atoms with Crippen molar-refractivity contribution >= 4 is 55.6 Å². The van der Waals surface area contributed by atoms with E-state index in [0.717, 1.165) is 14.5 Å². The fourth-order valence-corrected chi connectivity index (χ4v) is 3.20. The van der Waals surface area contributed by atoms with Gasteiger partial charge in [0.25, 0.3) is 0 Å². The van der Waals surface area contributed by atoms with Crippen LogP contribution >= 0.6 is 45.5 Å². The second-order valence-corrected chi connectivity index (χ2v) is 5.13. The smallest absolute Gasteiger partial charge is 0.0703 e. The SMILES string of the molecule is OCc1c(Cl)c(I)cc2sccc12. The van der Waals surface area contributed by atoms with E-state index in [1.165, 1.54) is 4.70 Å². The van der Waals surface area contributed by atoms with E-state index in [0.29, 0.717) is 5.02 Å². The van der Waals surface area contributed by atoms with Crippen LogP contribution in [0.25, 0.3) is 10.1 Å². The van der Waals surface area contributed by atoms with Crippen LogP contribution in [0.3, 0.4) is 0 Å². The molecule has 0 aliphatic heterocycles. The molecule has 1 heterocycles. The molecule has 1 aromatic heterocycles. The predicted molar refractivity (Wildman–Crippen MR) is 65.5 cm³/mol. The van der Waals surface area contributed by atoms with Crippen molar-refractivity contribution in [2.45, 2.75) is 6.61 Å². The number of halogens is 2. The van der Waals surface area contributed by atoms with Gasteiger partial charge < -0.3 is 5.11 Å². The van der Waals surface area contributed by atoms with Gasteiger partial charge in [-0.2, -0.15) is 0 Å². The molecule has 0 aliphatic rings. The van der Waals surface area contributed by atoms with Gasteiger partial charge >= 0.3 is 0 Å². The first-order valence-corrected chi connectivity index (χ1v) is 6.02. The molecule has 0 amide bonds. The summed E-state index contributed by atoms with van der Waals surface area (Å²) in [4.78, 5) is 0. The van der Waals surface area contributed by atoms with Crippen LogP contribution in [0, 0.1) is 3.57 Å². The van der Waals surface area contributed by atoms with E-state index >= 15 is 0 Å². The van der Waals surface area contributed by atoms with E-state index in [1.54, 1.807) is 11.3 Å². The molecule has 1 aromatic carbocycles. The van der Waals surface area contributed by atoms with Gasteiger partial charge in [-0.1, -0.05) is 11.6 Å². The zero-order valence-electron chi connectivity index (χ0n) is 6.55. The lowest BCUT2D eigenvalue weighted by molar-refractivity contribution is 0.283. The minimum absolute atomic E-state index is 0.00289. The van der Waals surface area contributed by atoms with Gasteiger partial charge in [-0.25, -0.2) is 0 Å². The first-order chi connectivity index (χ1) is 6.24. The van der Waals surface area contributed by atoms with E-state index < -0.39 is 0 Å². The van der Waals surface area contributed by atoms with Gasteiger partial charge in [0.15, 0.2) is 0 Å². The molecule has 13 heavy (non-hydrogen) atoms. The Balaban J connectivity index is 2.87. The van der Waals surface area contributed by atoms with Crippen molar-refractivity contribution in [1.29, 1.82) is 0 Å². The summed E-state index contributed by atoms with van der Waals surface area (Å²) in [6.07, 6.45) is 0. The third-order valence-corrected chi connectivity index (χ3v) is 4.38. The number of fused-ring (bicyclic) bond motifs is 1. The second-order valence-electron chi connectivity index (χ2n) is 2.64. The first-order valence-electron chi connectivity index (χ1n) is 3.69. The maximum atomic E-state index is 9.18. The Labute approximate surface area is 98.5 Å². The van der Waals surface area contributed by atoms with Crippen LogP contribution in [0.5, 0.6) is 0 Å². The van der Waals surface area contributed by atoms with Gasteiger partial charge in [-0.15, -0.1) is 11.3 Å². The molecule has 0 spiro atoms. The first kappa shape index (κ1) is 9.71. The van der Waals surface area contributed by atoms with Gasteiger partial charge in [0.1, 0.15) is 0 Å². The summed E-state index contributed by atoms with van der Waals surface area (Å²) < 4.78 is 2.18. The van der Waals surface area contributed by atoms with Crippen LogP contribution in [0.2, 0.25) is 5.02 Å². The Morgan fingerprint density at radius 1 is 1.54 bits per heavy atom. The van der Waals surface area contributed by atoms with Crippen molar-refractivity contribution in [3.8, 4) is 0 Å². The van der Waals surface area contributed by atoms with Crippen LogP contribution in [-0.4, -0.2) is 5.11 Å². The quantitative estimate of drug-likeness (QED) is 0.794. The average Bonchev–Trinajstić information content (AvgIpc) is 2.54. The molecule has 0 fully saturated rings. The fourth-order valence-electron chi connectivity index (χ4n) is 1.28. The molecule has 2 rings (SSSR count). The summed E-state index contributed by atoms with van der Waals surface area (Å²) in [6, 6.07) is 4.04. The molecule has 0 unspecified atom stereocenters. The van der Waals surface area contributed by atoms with E-state index in [9.17, 15) is 5.11 Å². The number of thiophene rings is 1. The van der Waals surface area contributed by atoms with E-state index in [-0.39, 0.29) is 6.61 Å². The predicted octanol–water partition coefficient (Wildman–Crippen LogP) is 3.65. The summed E-state index contributed by atoms with van der Waals surface area (Å²) in [5, 5.41) is 12.9. The Hall–Kier alpha value is 0.160. The minimum atomic E-state index is 0.00289. The third kappa shape index (κ3) is 1.58. The van der Waals surface area contributed by atoms with E-state index in [1.807, 2.05) is 17.5 Å². The van der Waals surface area contributed by atoms with Crippen molar-refractivity contribution in [1.82, 2.24) is 0 Å². The highest BCUT2D eigenvalue weighted by Crippen LogP contribution is 2.33. The van der Waals surface area contributed by atoms with Crippen molar-refractivity contribution in [2.24, 2.45) is 0 Å². The monoisotopic (exact) mass is 324 g/mol. The number of hydrogen-bond acceptors (Lipinski definition) is 2. The van der Waals surface area contributed by atoms with Crippen LogP contribution in [0.15, 0.2) is 17.5 Å². The minimum Gasteiger partial charge on any atom is -0.392 e. The molecule has 4 heteroatoms. The highest BCUT2D eigenvalue weighted by Gasteiger charge is 2.09. The molecule has 1 N–H and O–H groups in total. The second kappa shape index (κ2) is 3.73. The zero-order valence-corrected chi connectivity index (χ0v) is 10.3. The molecule has 0 aliphatic carbocycles. The molecule has 0 bridgehead atoms. The van der Waals surface area contributed by atoms with Gasteiger partial charge in [-0.05, 0) is 45.5 Å². The van der Waals surface area contributed by atoms with Crippen molar-refractivity contribution < 1.29 is 5.11 Å². The summed E-state index contributed by atoms with van der Waals surface area (Å²) in [6.45, 7) is 0.00289. The molecular weight excluding hydrogens is 319 g/mol. The van der Waals surface area contributed by atoms with Crippen LogP contribution < -0.4 is 0 Å². The third-order valence-electron chi connectivity index (χ3n) is 1.91. The molecule has 0 saturated carbocycles. The zero-order chi connectivity index (χ0) is 9.42. The molecule has 0 saturated heterocycles. The van der Waals surface area contributed by atoms with Crippen LogP contribution in [0.4, 0.5) is 0 Å². The summed E-state index contributed by atoms with van der Waals surface area (Å²) in [5.41, 5.74) is 0.838. The fraction of sp³-hybridized carbons (Fsp3) is 0.111. The molecule has 1 nitrogen and oxygen atoms in total. The topological polar surface area (TPSA) is 20.2 Å². The lowest BCUT2D eigenvalue weighted by Crippen LogP contribution is -1.88. The van der Waals surface area contributed by atoms with Gasteiger partial charge in [-0.3, -0.25) is 0 Å². The summed E-state index contributed by atoms with van der Waals surface area (Å²) in [7, 11) is 0. The summed E-state index contributed by atoms with van der Waals surface area (Å²) in [5.74, 6) is 0. The van der Waals surface area contributed by atoms with E-state index in [2.05, 4.69) is 22.6 Å². The molecule has 2 aromatic rings. The largest absolute Gasteiger partial charge is 0.392 e. The summed E-state index contributed by atoms with van der Waals surface area (Å²) >= 11 is 9.91. The highest BCUT2D eigenvalue weighted by molar-refractivity contribution is 14.1. The molecule has 68 valence electrons. The Morgan fingerprint density at radius 2 is 2.31 bits per heavy atom. The Morgan fingerprint density at radius 3 is 3.00 bits per heavy atom. The normalized spacial score (nSPS) is 11.0. The maximum absolute atomic E-state index is 9.18. The van der Waals surface area contributed by atoms with Gasteiger partial charge in [0.2, 0.25) is 0 Å². The number of aliphatic hydroxyl groups excluding tert-OH is 1. The number of rotatable bonds is 1. The van der Waals surface area contributed by atoms with Gasteiger partial charge in [0.05, 0.1) is 11.6 Å². The van der Waals surface area contributed by atoms with Crippen LogP contribution in [0.1, 0.15) is 5.56 Å². The number of benzene rings is 1. The van der Waals surface area contributed by atoms with Crippen molar-refractivity contribution in [3.63, 3.8) is 0 Å². The average molecular weight is 325 g/mol. The molecule has 0 radical (unpaired) electrons. The lowest BCUT2D eigenvalue weighted by Gasteiger charge is -2.04. The molecular formula is C9H6ClIOS. The van der Waals surface area contributed by atoms with Crippen molar-refractivity contribution in [2.75, 3.05) is 0 Å². The standard InChI is InChI=1S/C9H6ClIOS/c10-9-6(4-12)5-1-2-13-8(5)3-7(9)11/h1-3,12H,4H2. The van der Waals surface area contributed by atoms with E-state index in [4.69, 9.17) is 11.6 Å². The highest BCUT2D eigenvalue weighted by atomic mass is 127. The number of hydrogen-bond donors (Lipinski definition) is 1. The van der Waals surface area contributed by atoms with Crippen LogP contribution in [-0.2, 0) is 6.61 Å². The maximum Gasteiger partial charge on any atom is 0.0703 e. The molecule has 0 atom stereocenters. The van der Waals surface area contributed by atoms with Crippen molar-refractivity contribution in [3.05, 3.63) is 31.7 Å².